The molecule has 1 atom stereocenters. The van der Waals surface area contributed by atoms with Crippen LogP contribution in [0, 0.1) is 6.92 Å². The number of benzene rings is 1. The minimum Gasteiger partial charge on any atom is -0.479 e. The fourth-order valence-electron chi connectivity index (χ4n) is 1.21. The first-order chi connectivity index (χ1) is 7.04. The van der Waals surface area contributed by atoms with E-state index in [1.165, 1.54) is 7.11 Å². The van der Waals surface area contributed by atoms with Crippen molar-refractivity contribution in [2.75, 3.05) is 12.8 Å². The zero-order valence-electron chi connectivity index (χ0n) is 9.11. The molecule has 1 unspecified atom stereocenters. The lowest BCUT2D eigenvalue weighted by Gasteiger charge is -2.14. The van der Waals surface area contributed by atoms with Crippen molar-refractivity contribution in [3.8, 4) is 5.75 Å². The fourth-order valence-corrected chi connectivity index (χ4v) is 1.21. The number of carbonyl (C=O) groups is 1. The summed E-state index contributed by atoms with van der Waals surface area (Å²) in [6.45, 7) is 3.51. The van der Waals surface area contributed by atoms with Gasteiger partial charge in [0.15, 0.2) is 6.10 Å². The standard InChI is InChI=1S/C11H15NO3/c1-7-6-9(12)4-5-10(7)15-8(2)11(13)14-3/h4-6,8H,12H2,1-3H3. The van der Waals surface area contributed by atoms with Crippen LogP contribution in [0.2, 0.25) is 0 Å². The van der Waals surface area contributed by atoms with Crippen LogP contribution in [-0.4, -0.2) is 19.2 Å². The summed E-state index contributed by atoms with van der Waals surface area (Å²) in [5.74, 6) is 0.244. The van der Waals surface area contributed by atoms with E-state index in [2.05, 4.69) is 4.74 Å². The van der Waals surface area contributed by atoms with Gasteiger partial charge in [0.2, 0.25) is 0 Å². The molecule has 0 heterocycles. The third-order valence-electron chi connectivity index (χ3n) is 2.04. The third-order valence-corrected chi connectivity index (χ3v) is 2.04. The van der Waals surface area contributed by atoms with Crippen LogP contribution >= 0.6 is 0 Å². The van der Waals surface area contributed by atoms with E-state index >= 15 is 0 Å². The molecule has 4 nitrogen and oxygen atoms in total. The Kier molecular flexibility index (Phi) is 3.55. The van der Waals surface area contributed by atoms with Crippen molar-refractivity contribution in [2.24, 2.45) is 0 Å². The first-order valence-corrected chi connectivity index (χ1v) is 4.65. The molecule has 82 valence electrons. The Morgan fingerprint density at radius 2 is 2.13 bits per heavy atom. The highest BCUT2D eigenvalue weighted by Crippen LogP contribution is 2.21. The van der Waals surface area contributed by atoms with E-state index in [9.17, 15) is 4.79 Å². The van der Waals surface area contributed by atoms with E-state index in [1.54, 1.807) is 25.1 Å². The lowest BCUT2D eigenvalue weighted by molar-refractivity contribution is -0.147. The third kappa shape index (κ3) is 2.87. The van der Waals surface area contributed by atoms with E-state index < -0.39 is 12.1 Å². The van der Waals surface area contributed by atoms with Crippen LogP contribution in [0.15, 0.2) is 18.2 Å². The summed E-state index contributed by atoms with van der Waals surface area (Å²) in [4.78, 5) is 11.1. The van der Waals surface area contributed by atoms with Gasteiger partial charge >= 0.3 is 5.97 Å². The average molecular weight is 209 g/mol. The summed E-state index contributed by atoms with van der Waals surface area (Å²) in [5.41, 5.74) is 7.16. The number of hydrogen-bond donors (Lipinski definition) is 1. The van der Waals surface area contributed by atoms with Gasteiger partial charge in [-0.25, -0.2) is 4.79 Å². The second kappa shape index (κ2) is 4.68. The molecule has 0 saturated heterocycles. The van der Waals surface area contributed by atoms with Gasteiger partial charge in [-0.05, 0) is 37.6 Å². The number of nitrogens with two attached hydrogens (primary N) is 1. The minimum atomic E-state index is -0.614. The maximum Gasteiger partial charge on any atom is 0.346 e. The Bertz CT molecular complexity index is 363. The number of esters is 1. The zero-order valence-corrected chi connectivity index (χ0v) is 9.11. The predicted octanol–water partition coefficient (Wildman–Crippen LogP) is 1.52. The van der Waals surface area contributed by atoms with E-state index in [4.69, 9.17) is 10.5 Å². The normalized spacial score (nSPS) is 11.9. The molecule has 4 heteroatoms. The summed E-state index contributed by atoms with van der Waals surface area (Å²) in [7, 11) is 1.33. The van der Waals surface area contributed by atoms with E-state index in [0.29, 0.717) is 11.4 Å². The zero-order chi connectivity index (χ0) is 11.4. The van der Waals surface area contributed by atoms with Crippen LogP contribution in [0.5, 0.6) is 5.75 Å². The second-order valence-corrected chi connectivity index (χ2v) is 3.31. The summed E-state index contributed by atoms with van der Waals surface area (Å²) >= 11 is 0. The van der Waals surface area contributed by atoms with E-state index in [0.717, 1.165) is 5.56 Å². The lowest BCUT2D eigenvalue weighted by Crippen LogP contribution is -2.25. The maximum absolute atomic E-state index is 11.1. The largest absolute Gasteiger partial charge is 0.479 e. The molecule has 0 spiro atoms. The van der Waals surface area contributed by atoms with Crippen molar-refractivity contribution >= 4 is 11.7 Å². The highest BCUT2D eigenvalue weighted by atomic mass is 16.6. The smallest absolute Gasteiger partial charge is 0.346 e. The number of carbonyl (C=O) groups excluding carboxylic acids is 1. The lowest BCUT2D eigenvalue weighted by atomic mass is 10.2. The molecule has 0 aromatic heterocycles. The molecule has 0 saturated carbocycles. The van der Waals surface area contributed by atoms with Gasteiger partial charge in [0.05, 0.1) is 7.11 Å². The fraction of sp³-hybridized carbons (Fsp3) is 0.364. The van der Waals surface area contributed by atoms with Crippen molar-refractivity contribution in [2.45, 2.75) is 20.0 Å². The SMILES string of the molecule is COC(=O)C(C)Oc1ccc(N)cc1C. The molecular formula is C11H15NO3. The predicted molar refractivity (Wildman–Crippen MR) is 57.7 cm³/mol. The van der Waals surface area contributed by atoms with Crippen molar-refractivity contribution in [3.63, 3.8) is 0 Å². The molecule has 0 aliphatic heterocycles. The molecule has 0 aliphatic carbocycles. The number of rotatable bonds is 3. The van der Waals surface area contributed by atoms with Gasteiger partial charge in [0, 0.05) is 5.69 Å². The quantitative estimate of drug-likeness (QED) is 0.605. The minimum absolute atomic E-state index is 0.397. The molecule has 1 aromatic carbocycles. The van der Waals surface area contributed by atoms with Crippen molar-refractivity contribution in [3.05, 3.63) is 23.8 Å². The Labute approximate surface area is 89.0 Å². The number of hydrogen-bond acceptors (Lipinski definition) is 4. The first kappa shape index (κ1) is 11.4. The van der Waals surface area contributed by atoms with Gasteiger partial charge in [-0.1, -0.05) is 0 Å². The van der Waals surface area contributed by atoms with Crippen LogP contribution < -0.4 is 10.5 Å². The topological polar surface area (TPSA) is 61.5 Å². The number of nitrogen functional groups attached to an aromatic ring is 1. The number of aryl methyl sites for hydroxylation is 1. The van der Waals surface area contributed by atoms with Gasteiger partial charge in [-0.2, -0.15) is 0 Å². The Morgan fingerprint density at radius 3 is 2.67 bits per heavy atom. The summed E-state index contributed by atoms with van der Waals surface area (Å²) in [6, 6.07) is 5.26. The Balaban J connectivity index is 2.76. The van der Waals surface area contributed by atoms with E-state index in [1.807, 2.05) is 6.92 Å². The molecule has 1 aromatic rings. The van der Waals surface area contributed by atoms with Crippen molar-refractivity contribution in [1.82, 2.24) is 0 Å². The molecule has 15 heavy (non-hydrogen) atoms. The monoisotopic (exact) mass is 209 g/mol. The average Bonchev–Trinajstić information content (AvgIpc) is 2.20. The highest BCUT2D eigenvalue weighted by Gasteiger charge is 2.15. The second-order valence-electron chi connectivity index (χ2n) is 3.31. The molecule has 0 amide bonds. The molecule has 0 bridgehead atoms. The van der Waals surface area contributed by atoms with Crippen LogP contribution in [0.25, 0.3) is 0 Å². The molecular weight excluding hydrogens is 194 g/mol. The highest BCUT2D eigenvalue weighted by molar-refractivity contribution is 5.74. The number of ether oxygens (including phenoxy) is 2. The number of anilines is 1. The van der Waals surface area contributed by atoms with Gasteiger partial charge in [0.1, 0.15) is 5.75 Å². The molecule has 0 radical (unpaired) electrons. The Morgan fingerprint density at radius 1 is 1.47 bits per heavy atom. The maximum atomic E-state index is 11.1. The first-order valence-electron chi connectivity index (χ1n) is 4.65. The van der Waals surface area contributed by atoms with E-state index in [-0.39, 0.29) is 0 Å². The molecule has 1 rings (SSSR count). The summed E-state index contributed by atoms with van der Waals surface area (Å²) in [5, 5.41) is 0. The molecule has 2 N–H and O–H groups in total. The van der Waals surface area contributed by atoms with Crippen LogP contribution in [0.3, 0.4) is 0 Å². The van der Waals surface area contributed by atoms with Crippen molar-refractivity contribution < 1.29 is 14.3 Å². The van der Waals surface area contributed by atoms with Crippen LogP contribution in [0.4, 0.5) is 5.69 Å². The van der Waals surface area contributed by atoms with Gasteiger partial charge in [-0.3, -0.25) is 0 Å². The summed E-state index contributed by atoms with van der Waals surface area (Å²) in [6.07, 6.45) is -0.614. The summed E-state index contributed by atoms with van der Waals surface area (Å²) < 4.78 is 9.98. The molecule has 0 aliphatic rings. The van der Waals surface area contributed by atoms with Crippen LogP contribution in [0.1, 0.15) is 12.5 Å². The van der Waals surface area contributed by atoms with Gasteiger partial charge in [0.25, 0.3) is 0 Å². The van der Waals surface area contributed by atoms with Crippen molar-refractivity contribution in [1.29, 1.82) is 0 Å². The van der Waals surface area contributed by atoms with Gasteiger partial charge < -0.3 is 15.2 Å². The molecule has 0 fully saturated rings. The Hall–Kier alpha value is -1.71. The number of methoxy groups -OCH3 is 1. The van der Waals surface area contributed by atoms with Crippen LogP contribution in [-0.2, 0) is 9.53 Å². The van der Waals surface area contributed by atoms with Gasteiger partial charge in [-0.15, -0.1) is 0 Å².